The second-order valence-corrected chi connectivity index (χ2v) is 9.74. The van der Waals surface area contributed by atoms with E-state index in [0.29, 0.717) is 25.2 Å². The Balaban J connectivity index is 1.21. The zero-order valence-corrected chi connectivity index (χ0v) is 18.1. The fourth-order valence-corrected chi connectivity index (χ4v) is 5.11. The predicted octanol–water partition coefficient (Wildman–Crippen LogP) is 3.33. The molecule has 1 spiro atoms. The Morgan fingerprint density at radius 1 is 1.09 bits per heavy atom. The van der Waals surface area contributed by atoms with Gasteiger partial charge in [0.05, 0.1) is 18.3 Å². The zero-order chi connectivity index (χ0) is 23.6. The lowest BCUT2D eigenvalue weighted by molar-refractivity contribution is -0.205. The van der Waals surface area contributed by atoms with Crippen molar-refractivity contribution in [3.05, 3.63) is 53.6 Å². The highest BCUT2D eigenvalue weighted by Gasteiger charge is 2.71. The molecule has 5 rings (SSSR count). The molecule has 0 bridgehead atoms. The highest BCUT2D eigenvalue weighted by atomic mass is 19.4. The second kappa shape index (κ2) is 7.30. The van der Waals surface area contributed by atoms with Crippen LogP contribution < -0.4 is 0 Å². The summed E-state index contributed by atoms with van der Waals surface area (Å²) < 4.78 is 54.6. The quantitative estimate of drug-likeness (QED) is 0.653. The van der Waals surface area contributed by atoms with Crippen molar-refractivity contribution in [2.75, 3.05) is 26.2 Å². The van der Waals surface area contributed by atoms with Gasteiger partial charge in [-0.25, -0.2) is 4.39 Å². The van der Waals surface area contributed by atoms with E-state index in [1.54, 1.807) is 27.9 Å². The highest BCUT2D eigenvalue weighted by Crippen LogP contribution is 2.60. The van der Waals surface area contributed by atoms with Gasteiger partial charge in [0.15, 0.2) is 0 Å². The third-order valence-electron chi connectivity index (χ3n) is 7.47. The summed E-state index contributed by atoms with van der Waals surface area (Å²) in [7, 11) is 0. The van der Waals surface area contributed by atoms with E-state index in [1.165, 1.54) is 23.2 Å². The van der Waals surface area contributed by atoms with Crippen LogP contribution in [-0.4, -0.2) is 63.7 Å². The number of carbonyl (C=O) groups is 2. The number of nitrogens with zero attached hydrogens (tertiary/aromatic N) is 4. The smallest absolute Gasteiger partial charge is 0.341 e. The summed E-state index contributed by atoms with van der Waals surface area (Å²) in [6.45, 7) is 3.75. The molecule has 1 aromatic carbocycles. The molecular weight excluding hydrogens is 440 g/mol. The Morgan fingerprint density at radius 2 is 1.73 bits per heavy atom. The van der Waals surface area contributed by atoms with Crippen molar-refractivity contribution in [1.82, 2.24) is 19.6 Å². The number of hydrogen-bond acceptors (Lipinski definition) is 3. The summed E-state index contributed by atoms with van der Waals surface area (Å²) >= 11 is 0. The van der Waals surface area contributed by atoms with Crippen molar-refractivity contribution in [2.24, 2.45) is 16.7 Å². The Bertz CT molecular complexity index is 1080. The van der Waals surface area contributed by atoms with E-state index < -0.39 is 17.5 Å². The van der Waals surface area contributed by atoms with Gasteiger partial charge in [-0.1, -0.05) is 19.1 Å². The molecule has 1 aromatic heterocycles. The van der Waals surface area contributed by atoms with Crippen molar-refractivity contribution in [2.45, 2.75) is 32.5 Å². The van der Waals surface area contributed by atoms with E-state index in [-0.39, 0.29) is 49.0 Å². The minimum absolute atomic E-state index is 0.0702. The summed E-state index contributed by atoms with van der Waals surface area (Å²) in [5, 5.41) is 4.22. The van der Waals surface area contributed by atoms with Gasteiger partial charge in [-0.3, -0.25) is 14.3 Å². The molecule has 0 unspecified atom stereocenters. The summed E-state index contributed by atoms with van der Waals surface area (Å²) in [5.41, 5.74) is -1.29. The number of carbonyl (C=O) groups excluding carboxylic acids is 2. The first-order chi connectivity index (χ1) is 15.5. The predicted molar refractivity (Wildman–Crippen MR) is 110 cm³/mol. The molecule has 3 aliphatic rings. The number of likely N-dealkylation sites (tertiary alicyclic amines) is 2. The number of aromatic nitrogens is 2. The van der Waals surface area contributed by atoms with Crippen LogP contribution in [0.5, 0.6) is 0 Å². The summed E-state index contributed by atoms with van der Waals surface area (Å²) in [6.07, 6.45) is -1.66. The lowest BCUT2D eigenvalue weighted by atomic mass is 9.72. The zero-order valence-electron chi connectivity index (χ0n) is 18.1. The fraction of sp³-hybridized carbons (Fsp3) is 0.522. The van der Waals surface area contributed by atoms with Gasteiger partial charge >= 0.3 is 6.18 Å². The van der Waals surface area contributed by atoms with Crippen LogP contribution in [0, 0.1) is 22.6 Å². The first kappa shape index (κ1) is 21.9. The van der Waals surface area contributed by atoms with Crippen LogP contribution in [0.3, 0.4) is 0 Å². The van der Waals surface area contributed by atoms with Gasteiger partial charge in [0.25, 0.3) is 5.91 Å². The van der Waals surface area contributed by atoms with Gasteiger partial charge in [-0.2, -0.15) is 18.3 Å². The molecule has 0 N–H and O–H groups in total. The molecule has 2 aliphatic heterocycles. The lowest BCUT2D eigenvalue weighted by Crippen LogP contribution is -2.64. The SMILES string of the molecule is C[C@@H]1CN(C(=O)c2cnn(Cc3ccc(F)cc3)c2)CC12CN(C(=O)C1(C(F)(F)F)CC1)C2. The van der Waals surface area contributed by atoms with Crippen LogP contribution >= 0.6 is 0 Å². The lowest BCUT2D eigenvalue weighted by Gasteiger charge is -2.51. The first-order valence-electron chi connectivity index (χ1n) is 11.0. The Morgan fingerprint density at radius 3 is 2.33 bits per heavy atom. The van der Waals surface area contributed by atoms with Crippen molar-refractivity contribution in [3.63, 3.8) is 0 Å². The third-order valence-corrected chi connectivity index (χ3v) is 7.47. The molecule has 3 fully saturated rings. The van der Waals surface area contributed by atoms with Crippen LogP contribution in [-0.2, 0) is 11.3 Å². The van der Waals surface area contributed by atoms with Gasteiger partial charge in [-0.05, 0) is 36.5 Å². The van der Waals surface area contributed by atoms with Gasteiger partial charge in [0.2, 0.25) is 5.91 Å². The number of alkyl halides is 3. The van der Waals surface area contributed by atoms with E-state index in [1.807, 2.05) is 6.92 Å². The molecule has 1 atom stereocenters. The number of amides is 2. The minimum atomic E-state index is -4.51. The van der Waals surface area contributed by atoms with Gasteiger partial charge < -0.3 is 9.80 Å². The van der Waals surface area contributed by atoms with Crippen LogP contribution in [0.15, 0.2) is 36.7 Å². The highest BCUT2D eigenvalue weighted by molar-refractivity contribution is 5.94. The van der Waals surface area contributed by atoms with Crippen molar-refractivity contribution in [3.8, 4) is 0 Å². The molecule has 176 valence electrons. The van der Waals surface area contributed by atoms with Crippen molar-refractivity contribution >= 4 is 11.8 Å². The van der Waals surface area contributed by atoms with Crippen molar-refractivity contribution in [1.29, 1.82) is 0 Å². The Kier molecular flexibility index (Phi) is 4.84. The molecule has 2 saturated heterocycles. The standard InChI is InChI=1S/C23H24F4N4O2/c1-15-9-29(12-21(15)13-30(14-21)20(33)22(6-7-22)23(25,26)27)19(32)17-8-28-31(11-17)10-16-2-4-18(24)5-3-16/h2-5,8,11,15H,6-7,9-10,12-14H2,1H3/t15-/m1/s1. The van der Waals surface area contributed by atoms with E-state index in [2.05, 4.69) is 5.10 Å². The van der Waals surface area contributed by atoms with Gasteiger partial charge in [0.1, 0.15) is 11.2 Å². The minimum Gasteiger partial charge on any atom is -0.341 e. The molecule has 2 amide bonds. The molecule has 10 heteroatoms. The fourth-order valence-electron chi connectivity index (χ4n) is 5.11. The maximum absolute atomic E-state index is 13.3. The molecule has 2 aromatic rings. The number of halogens is 4. The van der Waals surface area contributed by atoms with E-state index >= 15 is 0 Å². The monoisotopic (exact) mass is 464 g/mol. The van der Waals surface area contributed by atoms with E-state index in [0.717, 1.165) is 5.56 Å². The van der Waals surface area contributed by atoms with Crippen LogP contribution in [0.2, 0.25) is 0 Å². The normalized spacial score (nSPS) is 23.0. The number of rotatable bonds is 4. The number of hydrogen-bond donors (Lipinski definition) is 0. The summed E-state index contributed by atoms with van der Waals surface area (Å²) in [5.74, 6) is -1.27. The van der Waals surface area contributed by atoms with E-state index in [9.17, 15) is 27.2 Å². The Hall–Kier alpha value is -2.91. The van der Waals surface area contributed by atoms with Gasteiger partial charge in [-0.15, -0.1) is 0 Å². The van der Waals surface area contributed by atoms with Crippen LogP contribution in [0.1, 0.15) is 35.7 Å². The molecule has 0 radical (unpaired) electrons. The number of benzene rings is 1. The molecule has 1 aliphatic carbocycles. The van der Waals surface area contributed by atoms with E-state index in [4.69, 9.17) is 0 Å². The summed E-state index contributed by atoms with van der Waals surface area (Å²) in [6, 6.07) is 6.03. The molecule has 3 heterocycles. The van der Waals surface area contributed by atoms with Gasteiger partial charge in [0, 0.05) is 37.8 Å². The molecule has 6 nitrogen and oxygen atoms in total. The maximum Gasteiger partial charge on any atom is 0.403 e. The average Bonchev–Trinajstić information content (AvgIpc) is 3.32. The molecule has 1 saturated carbocycles. The topological polar surface area (TPSA) is 58.4 Å². The maximum atomic E-state index is 13.3. The molecule has 33 heavy (non-hydrogen) atoms. The summed E-state index contributed by atoms with van der Waals surface area (Å²) in [4.78, 5) is 28.6. The Labute approximate surface area is 188 Å². The average molecular weight is 464 g/mol. The third kappa shape index (κ3) is 3.59. The van der Waals surface area contributed by atoms with Crippen LogP contribution in [0.25, 0.3) is 0 Å². The largest absolute Gasteiger partial charge is 0.403 e. The molecular formula is C23H24F4N4O2. The van der Waals surface area contributed by atoms with Crippen molar-refractivity contribution < 1.29 is 27.2 Å². The second-order valence-electron chi connectivity index (χ2n) is 9.74. The first-order valence-corrected chi connectivity index (χ1v) is 11.0. The van der Waals surface area contributed by atoms with Crippen LogP contribution in [0.4, 0.5) is 17.6 Å².